The van der Waals surface area contributed by atoms with Crippen LogP contribution in [0.25, 0.3) is 77.9 Å². The molecule has 12 rings (SSSR count). The molecule has 4 heteroatoms. The van der Waals surface area contributed by atoms with Crippen LogP contribution in [-0.2, 0) is 10.8 Å². The predicted octanol–water partition coefficient (Wildman–Crippen LogP) is 15.1. The highest BCUT2D eigenvalue weighted by Crippen LogP contribution is 2.53. The lowest BCUT2D eigenvalue weighted by atomic mass is 9.82. The Bertz CT molecular complexity index is 3330. The van der Waals surface area contributed by atoms with Crippen LogP contribution in [0, 0.1) is 0 Å². The first kappa shape index (κ1) is 33.9. The van der Waals surface area contributed by atoms with Crippen molar-refractivity contribution in [3.63, 3.8) is 0 Å². The fourth-order valence-electron chi connectivity index (χ4n) is 10.1. The number of fused-ring (bicyclic) bond motifs is 10. The third kappa shape index (κ3) is 4.93. The van der Waals surface area contributed by atoms with Gasteiger partial charge < -0.3 is 13.7 Å². The number of oxazole rings is 1. The summed E-state index contributed by atoms with van der Waals surface area (Å²) in [6.45, 7) is 9.38. The van der Waals surface area contributed by atoms with Crippen molar-refractivity contribution in [1.29, 1.82) is 0 Å². The number of furan rings is 1. The van der Waals surface area contributed by atoms with Crippen LogP contribution in [0.3, 0.4) is 0 Å². The van der Waals surface area contributed by atoms with Gasteiger partial charge >= 0.3 is 0 Å². The van der Waals surface area contributed by atoms with Crippen molar-refractivity contribution < 1.29 is 8.83 Å². The maximum absolute atomic E-state index is 6.66. The first-order chi connectivity index (χ1) is 28.7. The largest absolute Gasteiger partial charge is 0.455 e. The van der Waals surface area contributed by atoms with Crippen LogP contribution < -0.4 is 4.90 Å². The number of rotatable bonds is 5. The van der Waals surface area contributed by atoms with Crippen molar-refractivity contribution in [3.05, 3.63) is 192 Å². The molecule has 0 unspecified atom stereocenters. The number of hydrogen-bond acceptors (Lipinski definition) is 4. The van der Waals surface area contributed by atoms with Gasteiger partial charge in [-0.1, -0.05) is 137 Å². The molecule has 0 saturated carbocycles. The summed E-state index contributed by atoms with van der Waals surface area (Å²) >= 11 is 0. The van der Waals surface area contributed by atoms with Crippen molar-refractivity contribution in [2.75, 3.05) is 4.90 Å². The van der Waals surface area contributed by atoms with Gasteiger partial charge in [0.15, 0.2) is 5.58 Å². The summed E-state index contributed by atoms with van der Waals surface area (Å²) in [6.07, 6.45) is 0. The van der Waals surface area contributed by atoms with E-state index < -0.39 is 0 Å². The Morgan fingerprint density at radius 1 is 0.407 bits per heavy atom. The molecule has 2 aliphatic rings. The lowest BCUT2D eigenvalue weighted by Gasteiger charge is -2.29. The Kier molecular flexibility index (Phi) is 7.00. The van der Waals surface area contributed by atoms with Gasteiger partial charge in [-0.3, -0.25) is 0 Å². The third-order valence-electron chi connectivity index (χ3n) is 13.1. The quantitative estimate of drug-likeness (QED) is 0.175. The molecule has 0 saturated heterocycles. The van der Waals surface area contributed by atoms with Crippen LogP contribution in [0.2, 0.25) is 0 Å². The van der Waals surface area contributed by atoms with Crippen molar-refractivity contribution in [1.82, 2.24) is 4.98 Å². The van der Waals surface area contributed by atoms with Crippen LogP contribution in [0.4, 0.5) is 17.1 Å². The lowest BCUT2D eigenvalue weighted by Crippen LogP contribution is -2.17. The number of para-hydroxylation sites is 1. The van der Waals surface area contributed by atoms with Gasteiger partial charge in [0.1, 0.15) is 16.7 Å². The SMILES string of the molecule is CC1(C)c2ccccc2-c2cc(N(c3ccc(-c4cccc5c4oc4cc6oc(-c7ccccc7)nc6cc45)cc3)c3ccc4c(c3)C(C)(C)c3ccccc3-4)ccc21. The molecule has 59 heavy (non-hydrogen) atoms. The van der Waals surface area contributed by atoms with Gasteiger partial charge in [0.2, 0.25) is 5.89 Å². The van der Waals surface area contributed by atoms with Crippen molar-refractivity contribution >= 4 is 50.1 Å². The molecule has 0 atom stereocenters. The molecule has 10 aromatic rings. The second-order valence-corrected chi connectivity index (χ2v) is 17.2. The van der Waals surface area contributed by atoms with E-state index in [-0.39, 0.29) is 10.8 Å². The number of benzene rings is 8. The highest BCUT2D eigenvalue weighted by atomic mass is 16.4. The molecule has 0 amide bonds. The van der Waals surface area contributed by atoms with E-state index in [0.29, 0.717) is 11.5 Å². The van der Waals surface area contributed by atoms with Crippen LogP contribution in [-0.4, -0.2) is 4.98 Å². The Morgan fingerprint density at radius 2 is 1.02 bits per heavy atom. The average molecular weight is 761 g/mol. The minimum atomic E-state index is -0.119. The van der Waals surface area contributed by atoms with Gasteiger partial charge in [-0.2, -0.15) is 0 Å². The molecule has 0 radical (unpaired) electrons. The maximum atomic E-state index is 6.66. The van der Waals surface area contributed by atoms with E-state index in [1.807, 2.05) is 36.4 Å². The summed E-state index contributed by atoms with van der Waals surface area (Å²) in [5.41, 5.74) is 20.1. The molecular weight excluding hydrogens is 721 g/mol. The predicted molar refractivity (Wildman–Crippen MR) is 242 cm³/mol. The van der Waals surface area contributed by atoms with E-state index >= 15 is 0 Å². The molecule has 0 bridgehead atoms. The monoisotopic (exact) mass is 760 g/mol. The zero-order chi connectivity index (χ0) is 39.6. The molecule has 2 aromatic heterocycles. The zero-order valence-corrected chi connectivity index (χ0v) is 33.4. The molecule has 8 aromatic carbocycles. The van der Waals surface area contributed by atoms with E-state index in [1.165, 1.54) is 44.5 Å². The van der Waals surface area contributed by atoms with Crippen molar-refractivity contribution in [2.24, 2.45) is 0 Å². The molecule has 0 aliphatic heterocycles. The Labute approximate surface area is 343 Å². The summed E-state index contributed by atoms with van der Waals surface area (Å²) in [5, 5.41) is 2.07. The summed E-state index contributed by atoms with van der Waals surface area (Å²) in [4.78, 5) is 7.26. The molecule has 2 heterocycles. The van der Waals surface area contributed by atoms with Crippen LogP contribution >= 0.6 is 0 Å². The minimum absolute atomic E-state index is 0.0661. The van der Waals surface area contributed by atoms with E-state index in [0.717, 1.165) is 61.2 Å². The average Bonchev–Trinajstić information content (AvgIpc) is 3.98. The van der Waals surface area contributed by atoms with Gasteiger partial charge in [-0.15, -0.1) is 0 Å². The van der Waals surface area contributed by atoms with Crippen LogP contribution in [0.15, 0.2) is 179 Å². The Balaban J connectivity index is 0.977. The summed E-state index contributed by atoms with van der Waals surface area (Å²) in [5.74, 6) is 0.606. The van der Waals surface area contributed by atoms with E-state index in [9.17, 15) is 0 Å². The zero-order valence-electron chi connectivity index (χ0n) is 33.4. The van der Waals surface area contributed by atoms with E-state index in [4.69, 9.17) is 13.8 Å². The fourth-order valence-corrected chi connectivity index (χ4v) is 10.1. The molecule has 0 N–H and O–H groups in total. The second-order valence-electron chi connectivity index (χ2n) is 17.2. The van der Waals surface area contributed by atoms with Crippen molar-refractivity contribution in [3.8, 4) is 44.8 Å². The highest BCUT2D eigenvalue weighted by Gasteiger charge is 2.37. The van der Waals surface area contributed by atoms with Gasteiger partial charge in [0.05, 0.1) is 0 Å². The van der Waals surface area contributed by atoms with Crippen molar-refractivity contribution in [2.45, 2.75) is 38.5 Å². The third-order valence-corrected chi connectivity index (χ3v) is 13.1. The molecule has 4 nitrogen and oxygen atoms in total. The van der Waals surface area contributed by atoms with Crippen LogP contribution in [0.5, 0.6) is 0 Å². The van der Waals surface area contributed by atoms with Crippen LogP contribution in [0.1, 0.15) is 49.9 Å². The van der Waals surface area contributed by atoms with Gasteiger partial charge in [0.25, 0.3) is 0 Å². The van der Waals surface area contributed by atoms with E-state index in [1.54, 1.807) is 0 Å². The first-order valence-electron chi connectivity index (χ1n) is 20.4. The standard InChI is InChI=1S/C55H40N2O2/c1-54(2)46-20-11-9-16-40(46)43-29-36(26-28-47(43)54)57(37-25-27-41-39-15-8-10-19-45(39)55(3,4)48(41)30-37)35-23-21-33(22-24-35)38-17-12-18-42-44-31-49-51(32-50(44)58-52(38)42)59-53(56-49)34-13-6-5-7-14-34/h5-32H,1-4H3. The first-order valence-corrected chi connectivity index (χ1v) is 20.4. The normalized spacial score (nSPS) is 14.4. The number of aromatic nitrogens is 1. The molecule has 2 aliphatic carbocycles. The number of nitrogens with zero attached hydrogens (tertiary/aromatic N) is 2. The molecule has 282 valence electrons. The van der Waals surface area contributed by atoms with E-state index in [2.05, 4.69) is 166 Å². The second kappa shape index (κ2) is 12.2. The molecule has 0 spiro atoms. The highest BCUT2D eigenvalue weighted by molar-refractivity contribution is 6.12. The van der Waals surface area contributed by atoms with Gasteiger partial charge in [-0.05, 0) is 105 Å². The lowest BCUT2D eigenvalue weighted by molar-refractivity contribution is 0.617. The maximum Gasteiger partial charge on any atom is 0.227 e. The number of hydrogen-bond donors (Lipinski definition) is 0. The molecule has 0 fully saturated rings. The molecular formula is C55H40N2O2. The number of anilines is 3. The Hall–Kier alpha value is -7.17. The minimum Gasteiger partial charge on any atom is -0.455 e. The van der Waals surface area contributed by atoms with Gasteiger partial charge in [0, 0.05) is 55.9 Å². The summed E-state index contributed by atoms with van der Waals surface area (Å²) in [7, 11) is 0. The Morgan fingerprint density at radius 3 is 1.80 bits per heavy atom. The topological polar surface area (TPSA) is 42.4 Å². The fraction of sp³-hybridized carbons (Fsp3) is 0.109. The van der Waals surface area contributed by atoms with Gasteiger partial charge in [-0.25, -0.2) is 4.98 Å². The smallest absolute Gasteiger partial charge is 0.227 e. The summed E-state index contributed by atoms with van der Waals surface area (Å²) in [6, 6.07) is 61.2. The summed E-state index contributed by atoms with van der Waals surface area (Å²) < 4.78 is 12.9.